The zero-order valence-corrected chi connectivity index (χ0v) is 31.2. The molecule has 0 spiro atoms. The van der Waals surface area contributed by atoms with Crippen LogP contribution in [0.15, 0.2) is 48.8 Å². The molecule has 52 heavy (non-hydrogen) atoms. The fourth-order valence-corrected chi connectivity index (χ4v) is 6.73. The van der Waals surface area contributed by atoms with Gasteiger partial charge in [0.15, 0.2) is 11.3 Å². The summed E-state index contributed by atoms with van der Waals surface area (Å²) in [6.07, 6.45) is 3.26. The number of nitrogen functional groups attached to an aromatic ring is 2. The molecule has 0 aliphatic carbocycles. The van der Waals surface area contributed by atoms with E-state index in [1.54, 1.807) is 12.4 Å². The molecule has 272 valence electrons. The quantitative estimate of drug-likeness (QED) is 0.125. The molecule has 2 aliphatic heterocycles. The summed E-state index contributed by atoms with van der Waals surface area (Å²) in [5.41, 5.74) is 22.8. The first kappa shape index (κ1) is 35.7. The normalized spacial score (nSPS) is 15.6. The molecule has 0 radical (unpaired) electrons. The van der Waals surface area contributed by atoms with Crippen molar-refractivity contribution in [3.05, 3.63) is 70.0 Å². The molecule has 15 heteroatoms. The topological polar surface area (TPSA) is 166 Å². The largest absolute Gasteiger partial charge is 0.397 e. The minimum Gasteiger partial charge on any atom is -0.397 e. The van der Waals surface area contributed by atoms with Gasteiger partial charge in [-0.05, 0) is 68.4 Å². The first-order chi connectivity index (χ1) is 25.1. The van der Waals surface area contributed by atoms with Gasteiger partial charge < -0.3 is 41.3 Å². The van der Waals surface area contributed by atoms with Crippen molar-refractivity contribution in [1.29, 1.82) is 0 Å². The Morgan fingerprint density at radius 3 is 1.94 bits per heavy atom. The third kappa shape index (κ3) is 7.74. The molecule has 13 nitrogen and oxygen atoms in total. The third-order valence-corrected chi connectivity index (χ3v) is 10.5. The van der Waals surface area contributed by atoms with Gasteiger partial charge in [-0.2, -0.15) is 0 Å². The van der Waals surface area contributed by atoms with Crippen LogP contribution in [-0.2, 0) is 4.74 Å². The predicted octanol–water partition coefficient (Wildman–Crippen LogP) is 5.83. The zero-order valence-electron chi connectivity index (χ0n) is 29.6. The number of nitrogens with one attached hydrogen (secondary N) is 3. The number of halogens is 2. The summed E-state index contributed by atoms with van der Waals surface area (Å²) in [7, 11) is 2.15. The highest BCUT2D eigenvalue weighted by atomic mass is 35.5. The minimum absolute atomic E-state index is 0.625. The van der Waals surface area contributed by atoms with Crippen LogP contribution in [-0.4, -0.2) is 112 Å². The Morgan fingerprint density at radius 2 is 1.35 bits per heavy atom. The molecule has 7 N–H and O–H groups in total. The predicted molar refractivity (Wildman–Crippen MR) is 212 cm³/mol. The number of rotatable bonds is 7. The van der Waals surface area contributed by atoms with Gasteiger partial charge in [0.2, 0.25) is 0 Å². The van der Waals surface area contributed by atoms with Crippen LogP contribution in [0.3, 0.4) is 0 Å². The van der Waals surface area contributed by atoms with Crippen molar-refractivity contribution < 1.29 is 4.74 Å². The van der Waals surface area contributed by atoms with Crippen molar-refractivity contribution in [2.24, 2.45) is 0 Å². The smallest absolute Gasteiger partial charge is 0.178 e. The number of nitrogens with zero attached hydrogens (tertiary/aromatic N) is 7. The van der Waals surface area contributed by atoms with E-state index in [0.717, 1.165) is 128 Å². The monoisotopic (exact) mass is 742 g/mol. The minimum atomic E-state index is 0.625. The van der Waals surface area contributed by atoms with Gasteiger partial charge in [-0.3, -0.25) is 4.90 Å². The molecule has 4 aromatic heterocycles. The first-order valence-electron chi connectivity index (χ1n) is 17.4. The fourth-order valence-electron chi connectivity index (χ4n) is 6.45. The molecule has 2 aliphatic rings. The van der Waals surface area contributed by atoms with Gasteiger partial charge in [0.1, 0.15) is 11.6 Å². The Balaban J connectivity index is 0.000000162. The number of piperazine rings is 1. The van der Waals surface area contributed by atoms with E-state index in [0.29, 0.717) is 27.0 Å². The van der Waals surface area contributed by atoms with Crippen LogP contribution in [0.2, 0.25) is 10.0 Å². The number of hydrogen-bond acceptors (Lipinski definition) is 11. The Hall–Kier alpha value is -4.66. The Labute approximate surface area is 312 Å². The second kappa shape index (κ2) is 15.5. The SMILES string of the molecule is Cc1c(Cl)cnc2nc(-c3ccc(N)c(NCCN4CCOCC4)c3)[nH]c12.Cc1c(Cl)cnc2nc(-c3ccc(N4CCN(C)CC4)c(N)c3)[nH]c12. The molecular formula is C37H44Cl2N12O. The van der Waals surface area contributed by atoms with Gasteiger partial charge in [0.05, 0.1) is 57.0 Å². The van der Waals surface area contributed by atoms with E-state index in [1.807, 2.05) is 38.1 Å². The molecule has 2 fully saturated rings. The van der Waals surface area contributed by atoms with E-state index in [2.05, 4.69) is 69.1 Å². The van der Waals surface area contributed by atoms with Crippen molar-refractivity contribution >= 4 is 68.3 Å². The number of aryl methyl sites for hydroxylation is 2. The summed E-state index contributed by atoms with van der Waals surface area (Å²) in [5.74, 6) is 1.50. The number of morpholine rings is 1. The number of likely N-dealkylation sites (N-methyl/N-ethyl adjacent to an activating group) is 1. The maximum Gasteiger partial charge on any atom is 0.178 e. The highest BCUT2D eigenvalue weighted by Gasteiger charge is 2.18. The van der Waals surface area contributed by atoms with Gasteiger partial charge in [0.25, 0.3) is 0 Å². The molecule has 8 rings (SSSR count). The number of H-pyrrole nitrogens is 2. The van der Waals surface area contributed by atoms with E-state index in [-0.39, 0.29) is 0 Å². The van der Waals surface area contributed by atoms with Crippen molar-refractivity contribution in [2.45, 2.75) is 13.8 Å². The molecule has 2 saturated heterocycles. The maximum atomic E-state index is 6.34. The zero-order chi connectivity index (χ0) is 36.4. The molecule has 0 saturated carbocycles. The number of ether oxygens (including phenoxy) is 1. The fraction of sp³-hybridized carbons (Fsp3) is 0.351. The van der Waals surface area contributed by atoms with Crippen LogP contribution in [0, 0.1) is 13.8 Å². The Kier molecular flexibility index (Phi) is 10.7. The van der Waals surface area contributed by atoms with E-state index >= 15 is 0 Å². The summed E-state index contributed by atoms with van der Waals surface area (Å²) in [4.78, 5) is 31.5. The van der Waals surface area contributed by atoms with Gasteiger partial charge >= 0.3 is 0 Å². The molecule has 6 aromatic rings. The van der Waals surface area contributed by atoms with Crippen molar-refractivity contribution in [2.75, 3.05) is 94.3 Å². The van der Waals surface area contributed by atoms with E-state index in [9.17, 15) is 0 Å². The van der Waals surface area contributed by atoms with Crippen molar-refractivity contribution in [3.8, 4) is 22.8 Å². The molecule has 0 atom stereocenters. The van der Waals surface area contributed by atoms with E-state index in [1.165, 1.54) is 0 Å². The lowest BCUT2D eigenvalue weighted by Crippen LogP contribution is -2.44. The summed E-state index contributed by atoms with van der Waals surface area (Å²) in [6.45, 7) is 13.3. The molecule has 2 aromatic carbocycles. The standard InChI is InChI=1S/C19H23ClN6O.C18H21ClN6/c1-12-14(20)11-23-19-17(12)24-18(25-19)13-2-3-15(21)16(10-13)22-4-5-26-6-8-27-9-7-26;1-11-13(19)10-21-18-16(11)22-17(23-18)12-3-4-15(14(20)9-12)25-7-5-24(2)6-8-25/h2-3,10-11,22H,4-9,21H2,1H3,(H,23,24,25);3-4,9-10H,5-8,20H2,1-2H3,(H,21,22,23). The maximum absolute atomic E-state index is 6.34. The molecule has 0 amide bonds. The van der Waals surface area contributed by atoms with Gasteiger partial charge in [-0.1, -0.05) is 23.2 Å². The Morgan fingerprint density at radius 1 is 0.769 bits per heavy atom. The highest BCUT2D eigenvalue weighted by molar-refractivity contribution is 6.32. The highest BCUT2D eigenvalue weighted by Crippen LogP contribution is 2.32. The number of nitrogens with two attached hydrogens (primary N) is 2. The number of imidazole rings is 2. The number of pyridine rings is 2. The summed E-state index contributed by atoms with van der Waals surface area (Å²) >= 11 is 12.3. The number of aromatic nitrogens is 6. The second-order valence-electron chi connectivity index (χ2n) is 13.3. The molecular weight excluding hydrogens is 699 g/mol. The summed E-state index contributed by atoms with van der Waals surface area (Å²) in [6, 6.07) is 12.0. The average molecular weight is 744 g/mol. The number of aromatic amines is 2. The van der Waals surface area contributed by atoms with E-state index < -0.39 is 0 Å². The lowest BCUT2D eigenvalue weighted by atomic mass is 10.1. The van der Waals surface area contributed by atoms with Gasteiger partial charge in [0, 0.05) is 75.9 Å². The van der Waals surface area contributed by atoms with Crippen molar-refractivity contribution in [3.63, 3.8) is 0 Å². The van der Waals surface area contributed by atoms with Crippen LogP contribution in [0.5, 0.6) is 0 Å². The van der Waals surface area contributed by atoms with Crippen LogP contribution < -0.4 is 21.7 Å². The number of hydrogen-bond donors (Lipinski definition) is 5. The average Bonchev–Trinajstić information content (AvgIpc) is 3.80. The van der Waals surface area contributed by atoms with E-state index in [4.69, 9.17) is 39.4 Å². The third-order valence-electron chi connectivity index (χ3n) is 9.76. The van der Waals surface area contributed by atoms with Gasteiger partial charge in [-0.25, -0.2) is 19.9 Å². The Bertz CT molecular complexity index is 2190. The second-order valence-corrected chi connectivity index (χ2v) is 14.1. The summed E-state index contributed by atoms with van der Waals surface area (Å²) < 4.78 is 5.38. The molecule has 0 bridgehead atoms. The van der Waals surface area contributed by atoms with Crippen LogP contribution in [0.1, 0.15) is 11.1 Å². The van der Waals surface area contributed by atoms with Crippen molar-refractivity contribution in [1.82, 2.24) is 39.7 Å². The number of anilines is 4. The van der Waals surface area contributed by atoms with Crippen LogP contribution in [0.4, 0.5) is 22.7 Å². The number of benzene rings is 2. The lowest BCUT2D eigenvalue weighted by Gasteiger charge is -2.34. The molecule has 0 unspecified atom stereocenters. The lowest BCUT2D eigenvalue weighted by molar-refractivity contribution is 0.0398. The van der Waals surface area contributed by atoms with Crippen LogP contribution >= 0.6 is 23.2 Å². The van der Waals surface area contributed by atoms with Gasteiger partial charge in [-0.15, -0.1) is 0 Å². The molecule has 6 heterocycles. The summed E-state index contributed by atoms with van der Waals surface area (Å²) in [5, 5.41) is 4.70. The number of fused-ring (bicyclic) bond motifs is 2. The first-order valence-corrected chi connectivity index (χ1v) is 18.2. The van der Waals surface area contributed by atoms with Crippen LogP contribution in [0.25, 0.3) is 45.1 Å².